The quantitative estimate of drug-likeness (QED) is 0.764. The van der Waals surface area contributed by atoms with E-state index in [9.17, 15) is 4.79 Å². The van der Waals surface area contributed by atoms with E-state index in [1.54, 1.807) is 6.26 Å². The van der Waals surface area contributed by atoms with Gasteiger partial charge in [-0.05, 0) is 61.1 Å². The van der Waals surface area contributed by atoms with E-state index in [-0.39, 0.29) is 6.03 Å². The van der Waals surface area contributed by atoms with Crippen LogP contribution in [0.4, 0.5) is 4.79 Å². The predicted octanol–water partition coefficient (Wildman–Crippen LogP) is 3.86. The molecule has 1 aromatic carbocycles. The van der Waals surface area contributed by atoms with Crippen LogP contribution in [0.3, 0.4) is 0 Å². The van der Waals surface area contributed by atoms with Crippen molar-refractivity contribution in [3.05, 3.63) is 71.9 Å². The highest BCUT2D eigenvalue weighted by Crippen LogP contribution is 2.28. The van der Waals surface area contributed by atoms with Crippen LogP contribution in [0.25, 0.3) is 5.69 Å². The van der Waals surface area contributed by atoms with Gasteiger partial charge in [0.1, 0.15) is 5.76 Å². The minimum atomic E-state index is -0.0275. The third kappa shape index (κ3) is 4.05. The zero-order valence-electron chi connectivity index (χ0n) is 15.5. The average Bonchev–Trinajstić information content (AvgIpc) is 3.38. The average molecular weight is 364 g/mol. The van der Waals surface area contributed by atoms with Gasteiger partial charge in [-0.1, -0.05) is 12.1 Å². The number of aromatic nitrogens is 2. The lowest BCUT2D eigenvalue weighted by Crippen LogP contribution is -2.43. The number of rotatable bonds is 4. The lowest BCUT2D eigenvalue weighted by molar-refractivity contribution is 0.180. The topological polar surface area (TPSA) is 63.3 Å². The molecule has 1 fully saturated rings. The summed E-state index contributed by atoms with van der Waals surface area (Å²) in [5.74, 6) is 1.21. The minimum Gasteiger partial charge on any atom is -0.467 e. The third-order valence-electron chi connectivity index (χ3n) is 5.12. The molecule has 1 saturated heterocycles. The third-order valence-corrected chi connectivity index (χ3v) is 5.12. The number of hydrogen-bond donors (Lipinski definition) is 1. The number of furan rings is 1. The predicted molar refractivity (Wildman–Crippen MR) is 103 cm³/mol. The van der Waals surface area contributed by atoms with Crippen molar-refractivity contribution in [1.29, 1.82) is 0 Å². The van der Waals surface area contributed by atoms with E-state index in [1.807, 2.05) is 34.0 Å². The molecule has 0 aliphatic carbocycles. The van der Waals surface area contributed by atoms with Gasteiger partial charge in [-0.3, -0.25) is 0 Å². The molecule has 1 N–H and O–H groups in total. The normalized spacial score (nSPS) is 15.1. The fourth-order valence-corrected chi connectivity index (χ4v) is 3.56. The number of nitrogens with zero attached hydrogens (tertiary/aromatic N) is 3. The van der Waals surface area contributed by atoms with Crippen molar-refractivity contribution < 1.29 is 9.21 Å². The molecule has 0 unspecified atom stereocenters. The number of nitrogens with one attached hydrogen (secondary N) is 1. The van der Waals surface area contributed by atoms with Gasteiger partial charge in [-0.2, -0.15) is 5.10 Å². The molecular formula is C21H24N4O2. The molecule has 0 atom stereocenters. The zero-order chi connectivity index (χ0) is 18.6. The number of benzene rings is 1. The maximum Gasteiger partial charge on any atom is 0.317 e. The van der Waals surface area contributed by atoms with E-state index in [2.05, 4.69) is 41.7 Å². The van der Waals surface area contributed by atoms with E-state index < -0.39 is 0 Å². The second-order valence-electron chi connectivity index (χ2n) is 7.06. The van der Waals surface area contributed by atoms with Crippen molar-refractivity contribution in [3.63, 3.8) is 0 Å². The van der Waals surface area contributed by atoms with Crippen LogP contribution in [0.2, 0.25) is 0 Å². The van der Waals surface area contributed by atoms with Crippen LogP contribution in [0, 0.1) is 6.92 Å². The minimum absolute atomic E-state index is 0.0275. The van der Waals surface area contributed by atoms with Gasteiger partial charge in [0.25, 0.3) is 0 Å². The van der Waals surface area contributed by atoms with E-state index in [0.717, 1.165) is 37.4 Å². The fraction of sp³-hybridized carbons (Fsp3) is 0.333. The van der Waals surface area contributed by atoms with Crippen molar-refractivity contribution in [1.82, 2.24) is 20.0 Å². The molecule has 3 aromatic rings. The number of aryl methyl sites for hydroxylation is 1. The van der Waals surface area contributed by atoms with Crippen LogP contribution >= 0.6 is 0 Å². The van der Waals surface area contributed by atoms with Crippen LogP contribution in [0.5, 0.6) is 0 Å². The number of piperidine rings is 1. The van der Waals surface area contributed by atoms with Crippen molar-refractivity contribution in [2.24, 2.45) is 0 Å². The molecule has 0 spiro atoms. The summed E-state index contributed by atoms with van der Waals surface area (Å²) in [5, 5.41) is 7.45. The first-order chi connectivity index (χ1) is 13.2. The Morgan fingerprint density at radius 3 is 2.85 bits per heavy atom. The monoisotopic (exact) mass is 364 g/mol. The molecule has 6 heteroatoms. The summed E-state index contributed by atoms with van der Waals surface area (Å²) in [6.07, 6.45) is 7.59. The zero-order valence-corrected chi connectivity index (χ0v) is 15.5. The molecular weight excluding hydrogens is 340 g/mol. The van der Waals surface area contributed by atoms with Gasteiger partial charge in [-0.15, -0.1) is 0 Å². The van der Waals surface area contributed by atoms with Gasteiger partial charge < -0.3 is 14.6 Å². The summed E-state index contributed by atoms with van der Waals surface area (Å²) in [4.78, 5) is 14.2. The number of urea groups is 1. The highest BCUT2D eigenvalue weighted by Gasteiger charge is 2.24. The number of hydrogen-bond acceptors (Lipinski definition) is 3. The van der Waals surface area contributed by atoms with Gasteiger partial charge in [0.05, 0.1) is 24.7 Å². The van der Waals surface area contributed by atoms with Crippen LogP contribution in [-0.4, -0.2) is 33.8 Å². The summed E-state index contributed by atoms with van der Waals surface area (Å²) in [6, 6.07) is 12.0. The van der Waals surface area contributed by atoms with E-state index in [1.165, 1.54) is 11.1 Å². The number of amides is 2. The SMILES string of the molecule is Cc1cccc(-n2cc(C3CCN(C(=O)NCc4ccco4)CC3)cn2)c1. The Labute approximate surface area is 158 Å². The van der Waals surface area contributed by atoms with Gasteiger partial charge in [-0.25, -0.2) is 9.48 Å². The first-order valence-electron chi connectivity index (χ1n) is 9.36. The molecule has 0 bridgehead atoms. The Morgan fingerprint density at radius 2 is 2.11 bits per heavy atom. The van der Waals surface area contributed by atoms with Gasteiger partial charge >= 0.3 is 6.03 Å². The summed E-state index contributed by atoms with van der Waals surface area (Å²) >= 11 is 0. The molecule has 6 nitrogen and oxygen atoms in total. The highest BCUT2D eigenvalue weighted by atomic mass is 16.3. The molecule has 2 aromatic heterocycles. The molecule has 2 amide bonds. The lowest BCUT2D eigenvalue weighted by atomic mass is 9.92. The Bertz CT molecular complexity index is 893. The first-order valence-corrected chi connectivity index (χ1v) is 9.36. The molecule has 3 heterocycles. The van der Waals surface area contributed by atoms with Crippen molar-refractivity contribution in [2.75, 3.05) is 13.1 Å². The summed E-state index contributed by atoms with van der Waals surface area (Å²) in [7, 11) is 0. The maximum absolute atomic E-state index is 12.3. The summed E-state index contributed by atoms with van der Waals surface area (Å²) in [5.41, 5.74) is 3.54. The molecule has 140 valence electrons. The number of likely N-dealkylation sites (tertiary alicyclic amines) is 1. The lowest BCUT2D eigenvalue weighted by Gasteiger charge is -2.31. The smallest absolute Gasteiger partial charge is 0.317 e. The van der Waals surface area contributed by atoms with Crippen LogP contribution in [-0.2, 0) is 6.54 Å². The second kappa shape index (κ2) is 7.70. The molecule has 1 aliphatic rings. The number of carbonyl (C=O) groups is 1. The van der Waals surface area contributed by atoms with E-state index >= 15 is 0 Å². The van der Waals surface area contributed by atoms with E-state index in [0.29, 0.717) is 12.5 Å². The Kier molecular flexibility index (Phi) is 4.96. The van der Waals surface area contributed by atoms with Crippen LogP contribution in [0.15, 0.2) is 59.5 Å². The molecule has 4 rings (SSSR count). The van der Waals surface area contributed by atoms with Crippen molar-refractivity contribution in [2.45, 2.75) is 32.2 Å². The second-order valence-corrected chi connectivity index (χ2v) is 7.06. The Morgan fingerprint density at radius 1 is 1.26 bits per heavy atom. The largest absolute Gasteiger partial charge is 0.467 e. The van der Waals surface area contributed by atoms with Crippen molar-refractivity contribution in [3.8, 4) is 5.69 Å². The van der Waals surface area contributed by atoms with Crippen LogP contribution in [0.1, 0.15) is 35.6 Å². The maximum atomic E-state index is 12.3. The highest BCUT2D eigenvalue weighted by molar-refractivity contribution is 5.74. The summed E-state index contributed by atoms with van der Waals surface area (Å²) in [6.45, 7) is 4.02. The van der Waals surface area contributed by atoms with E-state index in [4.69, 9.17) is 4.42 Å². The Balaban J connectivity index is 1.32. The Hall–Kier alpha value is -3.02. The standard InChI is InChI=1S/C21H24N4O2/c1-16-4-2-5-19(12-16)25-15-18(13-23-25)17-7-9-24(10-8-17)21(26)22-14-20-6-3-11-27-20/h2-6,11-13,15,17H,7-10,14H2,1H3,(H,22,26). The van der Waals surface area contributed by atoms with Crippen LogP contribution < -0.4 is 5.32 Å². The van der Waals surface area contributed by atoms with Gasteiger partial charge in [0, 0.05) is 19.3 Å². The molecule has 0 saturated carbocycles. The first kappa shape index (κ1) is 17.4. The van der Waals surface area contributed by atoms with Crippen molar-refractivity contribution >= 4 is 6.03 Å². The number of carbonyl (C=O) groups excluding carboxylic acids is 1. The van der Waals surface area contributed by atoms with Gasteiger partial charge in [0.15, 0.2) is 0 Å². The molecule has 0 radical (unpaired) electrons. The summed E-state index contributed by atoms with van der Waals surface area (Å²) < 4.78 is 7.19. The molecule has 27 heavy (non-hydrogen) atoms. The molecule has 1 aliphatic heterocycles. The fourth-order valence-electron chi connectivity index (χ4n) is 3.56. The van der Waals surface area contributed by atoms with Gasteiger partial charge in [0.2, 0.25) is 0 Å².